The number of amides is 1. The van der Waals surface area contributed by atoms with Crippen molar-refractivity contribution in [3.8, 4) is 17.3 Å². The molecule has 0 atom stereocenters. The van der Waals surface area contributed by atoms with Gasteiger partial charge in [-0.3, -0.25) is 9.69 Å². The lowest BCUT2D eigenvalue weighted by atomic mass is 10.1. The van der Waals surface area contributed by atoms with Gasteiger partial charge in [-0.05, 0) is 53.6 Å². The van der Waals surface area contributed by atoms with Gasteiger partial charge in [0.2, 0.25) is 0 Å². The summed E-state index contributed by atoms with van der Waals surface area (Å²) in [7, 11) is 0. The van der Waals surface area contributed by atoms with Crippen molar-refractivity contribution < 1.29 is 13.9 Å². The molecule has 6 rings (SSSR count). The van der Waals surface area contributed by atoms with Crippen LogP contribution in [-0.2, 0) is 13.0 Å². The van der Waals surface area contributed by atoms with Crippen molar-refractivity contribution in [2.45, 2.75) is 13.0 Å². The van der Waals surface area contributed by atoms with Crippen LogP contribution in [0.2, 0.25) is 0 Å². The van der Waals surface area contributed by atoms with Gasteiger partial charge < -0.3 is 14.2 Å². The predicted molar refractivity (Wildman–Crippen MR) is 130 cm³/mol. The van der Waals surface area contributed by atoms with E-state index in [0.29, 0.717) is 30.2 Å². The summed E-state index contributed by atoms with van der Waals surface area (Å²) in [6.07, 6.45) is 6.35. The summed E-state index contributed by atoms with van der Waals surface area (Å²) in [6.45, 7) is 4.56. The second kappa shape index (κ2) is 9.03. The molecule has 1 fully saturated rings. The second-order valence-corrected chi connectivity index (χ2v) is 8.97. The van der Waals surface area contributed by atoms with Gasteiger partial charge in [-0.1, -0.05) is 12.1 Å². The lowest BCUT2D eigenvalue weighted by Gasteiger charge is -2.34. The number of rotatable bonds is 5. The highest BCUT2D eigenvalue weighted by molar-refractivity contribution is 5.97. The molecule has 2 aromatic heterocycles. The first kappa shape index (κ1) is 21.6. The quantitative estimate of drug-likeness (QED) is 0.446. The monoisotopic (exact) mass is 471 g/mol. The zero-order valence-corrected chi connectivity index (χ0v) is 19.3. The SMILES string of the molecule is O=C(c1cnn(-c2ccc(F)cc2)c1-n1cccc1)N1CCN(Cc2ccc3c(c2)CCO3)CC1. The topological polar surface area (TPSA) is 55.5 Å². The third kappa shape index (κ3) is 4.21. The van der Waals surface area contributed by atoms with Gasteiger partial charge in [-0.15, -0.1) is 0 Å². The molecule has 1 amide bonds. The molecular formula is C27H26FN5O2. The molecule has 0 N–H and O–H groups in total. The smallest absolute Gasteiger partial charge is 0.259 e. The minimum absolute atomic E-state index is 0.0450. The van der Waals surface area contributed by atoms with Crippen molar-refractivity contribution in [1.82, 2.24) is 24.1 Å². The summed E-state index contributed by atoms with van der Waals surface area (Å²) in [5.41, 5.74) is 3.79. The average Bonchev–Trinajstić information content (AvgIpc) is 3.64. The van der Waals surface area contributed by atoms with Gasteiger partial charge in [0, 0.05) is 51.5 Å². The molecular weight excluding hydrogens is 445 g/mol. The zero-order valence-electron chi connectivity index (χ0n) is 19.3. The van der Waals surface area contributed by atoms with Crippen LogP contribution in [0, 0.1) is 5.82 Å². The third-order valence-electron chi connectivity index (χ3n) is 6.71. The van der Waals surface area contributed by atoms with Crippen molar-refractivity contribution >= 4 is 5.91 Å². The van der Waals surface area contributed by atoms with Crippen LogP contribution in [0.5, 0.6) is 5.75 Å². The summed E-state index contributed by atoms with van der Waals surface area (Å²) in [6, 6.07) is 16.4. The van der Waals surface area contributed by atoms with E-state index in [4.69, 9.17) is 4.74 Å². The van der Waals surface area contributed by atoms with Crippen LogP contribution in [0.25, 0.3) is 11.5 Å². The zero-order chi connectivity index (χ0) is 23.8. The first-order chi connectivity index (χ1) is 17.2. The maximum atomic E-state index is 13.6. The van der Waals surface area contributed by atoms with Gasteiger partial charge in [-0.25, -0.2) is 9.07 Å². The van der Waals surface area contributed by atoms with Crippen molar-refractivity contribution in [2.75, 3.05) is 32.8 Å². The number of nitrogens with zero attached hydrogens (tertiary/aromatic N) is 5. The Labute approximate surface area is 202 Å². The Bertz CT molecular complexity index is 1340. The molecule has 0 aliphatic carbocycles. The first-order valence-corrected chi connectivity index (χ1v) is 11.9. The van der Waals surface area contributed by atoms with Crippen LogP contribution >= 0.6 is 0 Å². The third-order valence-corrected chi connectivity index (χ3v) is 6.71. The summed E-state index contributed by atoms with van der Waals surface area (Å²) < 4.78 is 22.6. The van der Waals surface area contributed by atoms with E-state index in [2.05, 4.69) is 28.2 Å². The summed E-state index contributed by atoms with van der Waals surface area (Å²) in [5.74, 6) is 1.29. The lowest BCUT2D eigenvalue weighted by molar-refractivity contribution is 0.0628. The highest BCUT2D eigenvalue weighted by atomic mass is 19.1. The van der Waals surface area contributed by atoms with Gasteiger partial charge in [-0.2, -0.15) is 5.10 Å². The molecule has 2 aromatic carbocycles. The standard InChI is InChI=1S/C27H26FN5O2/c28-22-4-6-23(7-5-22)33-26(31-10-1-2-11-31)24(18-29-33)27(34)32-14-12-30(13-15-32)19-20-3-8-25-21(17-20)9-16-35-25/h1-8,10-11,17-18H,9,12-16,19H2. The van der Waals surface area contributed by atoms with E-state index in [1.54, 1.807) is 23.0 Å². The number of piperazine rings is 1. The fourth-order valence-electron chi connectivity index (χ4n) is 4.86. The Morgan fingerprint density at radius 3 is 2.54 bits per heavy atom. The van der Waals surface area contributed by atoms with Crippen LogP contribution in [0.3, 0.4) is 0 Å². The molecule has 0 spiro atoms. The van der Waals surface area contributed by atoms with E-state index in [-0.39, 0.29) is 11.7 Å². The summed E-state index contributed by atoms with van der Waals surface area (Å²) in [4.78, 5) is 17.9. The van der Waals surface area contributed by atoms with Crippen LogP contribution < -0.4 is 4.74 Å². The van der Waals surface area contributed by atoms with Gasteiger partial charge in [0.25, 0.3) is 5.91 Å². The molecule has 0 bridgehead atoms. The Hall–Kier alpha value is -3.91. The molecule has 4 heterocycles. The number of fused-ring (bicyclic) bond motifs is 1. The Kier molecular flexibility index (Phi) is 5.58. The van der Waals surface area contributed by atoms with Gasteiger partial charge in [0.1, 0.15) is 17.1 Å². The summed E-state index contributed by atoms with van der Waals surface area (Å²) >= 11 is 0. The molecule has 7 nitrogen and oxygen atoms in total. The number of carbonyl (C=O) groups excluding carboxylic acids is 1. The number of hydrogen-bond acceptors (Lipinski definition) is 4. The molecule has 178 valence electrons. The maximum Gasteiger partial charge on any atom is 0.259 e. The summed E-state index contributed by atoms with van der Waals surface area (Å²) in [5, 5.41) is 4.49. The van der Waals surface area contributed by atoms with E-state index >= 15 is 0 Å². The number of benzene rings is 2. The Balaban J connectivity index is 1.19. The van der Waals surface area contributed by atoms with Crippen molar-refractivity contribution in [1.29, 1.82) is 0 Å². The molecule has 0 radical (unpaired) electrons. The predicted octanol–water partition coefficient (Wildman–Crippen LogP) is 3.70. The number of aromatic nitrogens is 3. The van der Waals surface area contributed by atoms with Crippen LogP contribution in [0.4, 0.5) is 4.39 Å². The first-order valence-electron chi connectivity index (χ1n) is 11.9. The van der Waals surface area contributed by atoms with Crippen molar-refractivity contribution in [3.05, 3.63) is 95.7 Å². The largest absolute Gasteiger partial charge is 0.493 e. The van der Waals surface area contributed by atoms with E-state index in [9.17, 15) is 9.18 Å². The fourth-order valence-corrected chi connectivity index (χ4v) is 4.86. The minimum Gasteiger partial charge on any atom is -0.493 e. The molecule has 35 heavy (non-hydrogen) atoms. The lowest BCUT2D eigenvalue weighted by Crippen LogP contribution is -2.48. The van der Waals surface area contributed by atoms with Crippen LogP contribution in [0.1, 0.15) is 21.5 Å². The number of carbonyl (C=O) groups is 1. The number of ether oxygens (including phenoxy) is 1. The highest BCUT2D eigenvalue weighted by Crippen LogP contribution is 2.27. The Morgan fingerprint density at radius 1 is 1.00 bits per heavy atom. The number of halogens is 1. The number of hydrogen-bond donors (Lipinski definition) is 0. The van der Waals surface area contributed by atoms with E-state index in [0.717, 1.165) is 38.4 Å². The molecule has 4 aromatic rings. The average molecular weight is 472 g/mol. The fraction of sp³-hybridized carbons (Fsp3) is 0.259. The maximum absolute atomic E-state index is 13.6. The van der Waals surface area contributed by atoms with Gasteiger partial charge >= 0.3 is 0 Å². The molecule has 2 aliphatic rings. The van der Waals surface area contributed by atoms with Crippen LogP contribution in [-0.4, -0.2) is 62.8 Å². The normalized spacial score (nSPS) is 15.7. The van der Waals surface area contributed by atoms with Crippen LogP contribution in [0.15, 0.2) is 73.2 Å². The minimum atomic E-state index is -0.314. The van der Waals surface area contributed by atoms with E-state index in [1.165, 1.54) is 23.3 Å². The molecule has 1 saturated heterocycles. The molecule has 2 aliphatic heterocycles. The van der Waals surface area contributed by atoms with Gasteiger partial charge in [0.15, 0.2) is 5.82 Å². The second-order valence-electron chi connectivity index (χ2n) is 8.97. The Morgan fingerprint density at radius 2 is 1.77 bits per heavy atom. The van der Waals surface area contributed by atoms with Gasteiger partial charge in [0.05, 0.1) is 18.5 Å². The molecule has 8 heteroatoms. The van der Waals surface area contributed by atoms with Crippen molar-refractivity contribution in [3.63, 3.8) is 0 Å². The van der Waals surface area contributed by atoms with E-state index in [1.807, 2.05) is 34.0 Å². The van der Waals surface area contributed by atoms with Crippen molar-refractivity contribution in [2.24, 2.45) is 0 Å². The van der Waals surface area contributed by atoms with E-state index < -0.39 is 0 Å². The molecule has 0 unspecified atom stereocenters. The highest BCUT2D eigenvalue weighted by Gasteiger charge is 2.27. The molecule has 0 saturated carbocycles.